The van der Waals surface area contributed by atoms with Crippen LogP contribution < -0.4 is 9.83 Å². The van der Waals surface area contributed by atoms with E-state index in [4.69, 9.17) is 4.52 Å². The van der Waals surface area contributed by atoms with E-state index in [0.29, 0.717) is 5.75 Å². The van der Waals surface area contributed by atoms with Crippen molar-refractivity contribution in [2.24, 2.45) is 0 Å². The van der Waals surface area contributed by atoms with Gasteiger partial charge in [0.15, 0.2) is 5.75 Å². The summed E-state index contributed by atoms with van der Waals surface area (Å²) in [6, 6.07) is 16.3. The third kappa shape index (κ3) is 12.4. The van der Waals surface area contributed by atoms with Gasteiger partial charge >= 0.3 is 8.03 Å². The molecule has 0 fully saturated rings. The Kier molecular flexibility index (Phi) is 14.9. The second kappa shape index (κ2) is 17.8. The van der Waals surface area contributed by atoms with Gasteiger partial charge in [0.25, 0.3) is 0 Å². The molecule has 2 aromatic carbocycles. The molecule has 1 atom stereocenters. The summed E-state index contributed by atoms with van der Waals surface area (Å²) in [6.45, 7) is 4.52. The molecule has 0 aromatic heterocycles. The highest BCUT2D eigenvalue weighted by molar-refractivity contribution is 7.48. The molecule has 0 saturated heterocycles. The summed E-state index contributed by atoms with van der Waals surface area (Å²) in [5.41, 5.74) is 2.66. The quantitative estimate of drug-likeness (QED) is 0.151. The van der Waals surface area contributed by atoms with Crippen molar-refractivity contribution in [2.75, 3.05) is 0 Å². The standard InChI is InChI=1S/C30H46O2P/c1-3-5-7-9-11-13-15-17-27-19-23-29(24-20-27)32-33(31)30-25-21-28(22-26-30)18-16-14-12-10-8-6-4-2/h19-26H,3-18H2,1-2H3/q+1. The zero-order chi connectivity index (χ0) is 23.6. The van der Waals surface area contributed by atoms with Crippen LogP contribution in [0.25, 0.3) is 0 Å². The molecule has 0 bridgehead atoms. The number of unbranched alkanes of at least 4 members (excludes halogenated alkanes) is 12. The molecule has 0 amide bonds. The number of hydrogen-bond donors (Lipinski definition) is 0. The van der Waals surface area contributed by atoms with Crippen LogP contribution in [0.1, 0.15) is 115 Å². The topological polar surface area (TPSA) is 26.3 Å². The zero-order valence-corrected chi connectivity index (χ0v) is 22.1. The Balaban J connectivity index is 1.65. The monoisotopic (exact) mass is 469 g/mol. The summed E-state index contributed by atoms with van der Waals surface area (Å²) in [5, 5.41) is 0.764. The molecule has 2 nitrogen and oxygen atoms in total. The molecular formula is C30H46O2P+. The van der Waals surface area contributed by atoms with Crippen LogP contribution >= 0.6 is 8.03 Å². The van der Waals surface area contributed by atoms with Crippen LogP contribution in [0.5, 0.6) is 5.75 Å². The lowest BCUT2D eigenvalue weighted by atomic mass is 10.0. The lowest BCUT2D eigenvalue weighted by molar-refractivity contribution is 0.514. The van der Waals surface area contributed by atoms with Gasteiger partial charge in [0.2, 0.25) is 5.30 Å². The largest absolute Gasteiger partial charge is 0.597 e. The maximum atomic E-state index is 12.6. The van der Waals surface area contributed by atoms with Gasteiger partial charge in [0.1, 0.15) is 0 Å². The highest BCUT2D eigenvalue weighted by Gasteiger charge is 2.23. The van der Waals surface area contributed by atoms with E-state index in [-0.39, 0.29) is 0 Å². The van der Waals surface area contributed by atoms with Crippen LogP contribution in [0.15, 0.2) is 48.5 Å². The molecule has 0 spiro atoms. The van der Waals surface area contributed by atoms with Crippen molar-refractivity contribution in [1.29, 1.82) is 0 Å². The fraction of sp³-hybridized carbons (Fsp3) is 0.600. The smallest absolute Gasteiger partial charge is 0.250 e. The Hall–Kier alpha value is -1.66. The molecule has 0 N–H and O–H groups in total. The molecule has 0 aliphatic rings. The predicted octanol–water partition coefficient (Wildman–Crippen LogP) is 9.72. The van der Waals surface area contributed by atoms with Gasteiger partial charge in [0.05, 0.1) is 0 Å². The molecule has 0 heterocycles. The highest BCUT2D eigenvalue weighted by Crippen LogP contribution is 2.27. The molecule has 0 aliphatic heterocycles. The van der Waals surface area contributed by atoms with Crippen LogP contribution in [0.4, 0.5) is 0 Å². The van der Waals surface area contributed by atoms with Gasteiger partial charge in [-0.2, -0.15) is 0 Å². The Labute approximate surface area is 204 Å². The van der Waals surface area contributed by atoms with Crippen molar-refractivity contribution in [3.8, 4) is 5.75 Å². The van der Waals surface area contributed by atoms with E-state index in [1.54, 1.807) is 0 Å². The van der Waals surface area contributed by atoms with Crippen molar-refractivity contribution >= 4 is 13.3 Å². The fourth-order valence-electron chi connectivity index (χ4n) is 4.22. The van der Waals surface area contributed by atoms with Gasteiger partial charge in [-0.05, 0) is 65.6 Å². The molecule has 1 unspecified atom stereocenters. The number of aryl methyl sites for hydroxylation is 2. The van der Waals surface area contributed by atoms with Gasteiger partial charge in [0, 0.05) is 0 Å². The van der Waals surface area contributed by atoms with Crippen LogP contribution in [-0.2, 0) is 17.4 Å². The van der Waals surface area contributed by atoms with Crippen LogP contribution in [-0.4, -0.2) is 0 Å². The van der Waals surface area contributed by atoms with Gasteiger partial charge < -0.3 is 0 Å². The molecule has 2 aromatic rings. The van der Waals surface area contributed by atoms with Gasteiger partial charge in [-0.25, -0.2) is 0 Å². The second-order valence-electron chi connectivity index (χ2n) is 9.40. The van der Waals surface area contributed by atoms with E-state index < -0.39 is 8.03 Å². The first-order valence-corrected chi connectivity index (χ1v) is 14.7. The van der Waals surface area contributed by atoms with E-state index in [2.05, 4.69) is 38.1 Å². The molecule has 3 heteroatoms. The fourth-order valence-corrected chi connectivity index (χ4v) is 5.03. The number of benzene rings is 2. The van der Waals surface area contributed by atoms with Crippen molar-refractivity contribution in [2.45, 2.75) is 117 Å². The summed E-state index contributed by atoms with van der Waals surface area (Å²) in [5.74, 6) is 0.687. The van der Waals surface area contributed by atoms with Crippen LogP contribution in [0.3, 0.4) is 0 Å². The minimum Gasteiger partial charge on any atom is -0.250 e. The van der Waals surface area contributed by atoms with E-state index in [9.17, 15) is 4.57 Å². The molecule has 0 radical (unpaired) electrons. The zero-order valence-electron chi connectivity index (χ0n) is 21.2. The van der Waals surface area contributed by atoms with E-state index in [0.717, 1.165) is 18.1 Å². The number of hydrogen-bond acceptors (Lipinski definition) is 2. The first kappa shape index (κ1) is 27.6. The average Bonchev–Trinajstić information content (AvgIpc) is 2.84. The molecule has 2 rings (SSSR count). The number of rotatable bonds is 19. The minimum atomic E-state index is -1.87. The molecule has 0 saturated carbocycles. The SMILES string of the molecule is CCCCCCCCCc1ccc(O[P+](=O)c2ccc(CCCCCCCCC)cc2)cc1. The normalized spacial score (nSPS) is 11.5. The van der Waals surface area contributed by atoms with Crippen LogP contribution in [0.2, 0.25) is 0 Å². The van der Waals surface area contributed by atoms with Crippen molar-refractivity contribution in [3.63, 3.8) is 0 Å². The second-order valence-corrected chi connectivity index (χ2v) is 10.6. The van der Waals surface area contributed by atoms with Crippen molar-refractivity contribution in [1.82, 2.24) is 0 Å². The Morgan fingerprint density at radius 2 is 0.939 bits per heavy atom. The molecule has 33 heavy (non-hydrogen) atoms. The predicted molar refractivity (Wildman–Crippen MR) is 144 cm³/mol. The lowest BCUT2D eigenvalue weighted by Gasteiger charge is -2.03. The van der Waals surface area contributed by atoms with Crippen molar-refractivity contribution in [3.05, 3.63) is 59.7 Å². The minimum absolute atomic E-state index is 0.687. The summed E-state index contributed by atoms with van der Waals surface area (Å²) >= 11 is 0. The van der Waals surface area contributed by atoms with E-state index in [1.165, 1.54) is 101 Å². The summed E-state index contributed by atoms with van der Waals surface area (Å²) in [6.07, 6.45) is 20.8. The van der Waals surface area contributed by atoms with Gasteiger partial charge in [-0.1, -0.05) is 115 Å². The Morgan fingerprint density at radius 1 is 0.545 bits per heavy atom. The first-order chi connectivity index (χ1) is 16.2. The third-order valence-corrected chi connectivity index (χ3v) is 7.49. The lowest BCUT2D eigenvalue weighted by Crippen LogP contribution is -2.00. The van der Waals surface area contributed by atoms with Crippen LogP contribution in [0, 0.1) is 0 Å². The van der Waals surface area contributed by atoms with Crippen molar-refractivity contribution < 1.29 is 9.09 Å². The molecular weight excluding hydrogens is 423 g/mol. The summed E-state index contributed by atoms with van der Waals surface area (Å²) in [7, 11) is -1.87. The van der Waals surface area contributed by atoms with Gasteiger partial charge in [-0.15, -0.1) is 0 Å². The third-order valence-electron chi connectivity index (χ3n) is 6.40. The summed E-state index contributed by atoms with van der Waals surface area (Å²) < 4.78 is 18.4. The first-order valence-electron chi connectivity index (χ1n) is 13.6. The average molecular weight is 470 g/mol. The maximum absolute atomic E-state index is 12.6. The van der Waals surface area contributed by atoms with E-state index in [1.807, 2.05) is 24.3 Å². The highest BCUT2D eigenvalue weighted by atomic mass is 31.1. The molecule has 182 valence electrons. The van der Waals surface area contributed by atoms with E-state index >= 15 is 0 Å². The Bertz CT molecular complexity index is 752. The summed E-state index contributed by atoms with van der Waals surface area (Å²) in [4.78, 5) is 0. The Morgan fingerprint density at radius 3 is 1.39 bits per heavy atom. The maximum Gasteiger partial charge on any atom is 0.597 e. The van der Waals surface area contributed by atoms with Gasteiger partial charge in [-0.3, -0.25) is 4.52 Å². The molecule has 0 aliphatic carbocycles.